The zero-order chi connectivity index (χ0) is 16.9. The molecule has 0 radical (unpaired) electrons. The Morgan fingerprint density at radius 3 is 2.45 bits per heavy atom. The summed E-state index contributed by atoms with van der Waals surface area (Å²) >= 11 is 0. The molecule has 0 amide bonds. The van der Waals surface area contributed by atoms with Gasteiger partial charge in [0.15, 0.2) is 5.69 Å². The SMILES string of the molecule is [2H]c1c(C)[n+](C)c(-c2c(C)c(C)cc(C)c2F)c2ccccc12. The number of pyridine rings is 1. The molecule has 2 aromatic carbocycles. The van der Waals surface area contributed by atoms with Crippen molar-refractivity contribution in [3.63, 3.8) is 0 Å². The summed E-state index contributed by atoms with van der Waals surface area (Å²) in [5.41, 5.74) is 5.00. The van der Waals surface area contributed by atoms with Gasteiger partial charge < -0.3 is 0 Å². The van der Waals surface area contributed by atoms with Crippen molar-refractivity contribution in [1.82, 2.24) is 0 Å². The first-order valence-corrected chi connectivity index (χ1v) is 7.49. The fourth-order valence-electron chi connectivity index (χ4n) is 3.07. The maximum atomic E-state index is 15.0. The molecule has 0 spiro atoms. The largest absolute Gasteiger partial charge is 0.223 e. The third-order valence-corrected chi connectivity index (χ3v) is 4.54. The number of aryl methyl sites for hydroxylation is 2. The molecule has 0 aliphatic rings. The Morgan fingerprint density at radius 1 is 1.05 bits per heavy atom. The Labute approximate surface area is 132 Å². The Morgan fingerprint density at radius 2 is 1.73 bits per heavy atom. The van der Waals surface area contributed by atoms with Gasteiger partial charge in [-0.05, 0) is 48.9 Å². The Kier molecular flexibility index (Phi) is 3.18. The maximum Gasteiger partial charge on any atom is 0.223 e. The Hall–Kier alpha value is -2.22. The van der Waals surface area contributed by atoms with Crippen molar-refractivity contribution in [1.29, 1.82) is 0 Å². The first kappa shape index (κ1) is 13.4. The quantitative estimate of drug-likeness (QED) is 0.573. The molecule has 0 aliphatic carbocycles. The van der Waals surface area contributed by atoms with Gasteiger partial charge in [-0.3, -0.25) is 0 Å². The smallest absolute Gasteiger partial charge is 0.206 e. The van der Waals surface area contributed by atoms with Crippen molar-refractivity contribution in [3.05, 3.63) is 64.6 Å². The third kappa shape index (κ3) is 2.10. The molecular formula is C20H21FN+. The lowest BCUT2D eigenvalue weighted by Crippen LogP contribution is -2.35. The van der Waals surface area contributed by atoms with E-state index < -0.39 is 0 Å². The van der Waals surface area contributed by atoms with Gasteiger partial charge >= 0.3 is 0 Å². The Balaban J connectivity index is 2.57. The number of fused-ring (bicyclic) bond motifs is 1. The fourth-order valence-corrected chi connectivity index (χ4v) is 3.07. The van der Waals surface area contributed by atoms with Crippen LogP contribution in [0.25, 0.3) is 22.0 Å². The topological polar surface area (TPSA) is 3.88 Å². The van der Waals surface area contributed by atoms with Crippen LogP contribution in [0.2, 0.25) is 0 Å². The van der Waals surface area contributed by atoms with Gasteiger partial charge in [0, 0.05) is 13.0 Å². The lowest BCUT2D eigenvalue weighted by molar-refractivity contribution is -0.665. The molecule has 112 valence electrons. The van der Waals surface area contributed by atoms with Crippen molar-refractivity contribution >= 4 is 10.8 Å². The molecule has 3 rings (SSSR count). The van der Waals surface area contributed by atoms with Crippen LogP contribution in [0.5, 0.6) is 0 Å². The van der Waals surface area contributed by atoms with Crippen LogP contribution in [0, 0.1) is 33.5 Å². The fraction of sp³-hybridized carbons (Fsp3) is 0.250. The van der Waals surface area contributed by atoms with Crippen LogP contribution in [-0.4, -0.2) is 0 Å². The lowest BCUT2D eigenvalue weighted by Gasteiger charge is -2.14. The van der Waals surface area contributed by atoms with E-state index >= 15 is 4.39 Å². The number of benzene rings is 2. The van der Waals surface area contributed by atoms with Gasteiger partial charge in [0.2, 0.25) is 5.69 Å². The van der Waals surface area contributed by atoms with Crippen molar-refractivity contribution < 1.29 is 10.3 Å². The van der Waals surface area contributed by atoms with E-state index in [0.29, 0.717) is 17.2 Å². The minimum absolute atomic E-state index is 0.175. The number of hydrogen-bond donors (Lipinski definition) is 0. The number of aromatic nitrogens is 1. The molecule has 0 bridgehead atoms. The number of halogens is 1. The van der Waals surface area contributed by atoms with Crippen LogP contribution < -0.4 is 4.57 Å². The van der Waals surface area contributed by atoms with Crippen molar-refractivity contribution in [2.24, 2.45) is 7.05 Å². The molecule has 0 unspecified atom stereocenters. The number of rotatable bonds is 1. The van der Waals surface area contributed by atoms with Crippen LogP contribution in [0.3, 0.4) is 0 Å². The highest BCUT2D eigenvalue weighted by Gasteiger charge is 2.24. The van der Waals surface area contributed by atoms with E-state index in [1.165, 1.54) is 0 Å². The average Bonchev–Trinajstić information content (AvgIpc) is 2.54. The minimum Gasteiger partial charge on any atom is -0.206 e. The maximum absolute atomic E-state index is 15.0. The van der Waals surface area contributed by atoms with E-state index in [-0.39, 0.29) is 5.82 Å². The second-order valence-corrected chi connectivity index (χ2v) is 5.99. The third-order valence-electron chi connectivity index (χ3n) is 4.54. The van der Waals surface area contributed by atoms with E-state index in [9.17, 15) is 0 Å². The predicted molar refractivity (Wildman–Crippen MR) is 89.5 cm³/mol. The molecule has 1 heterocycles. The van der Waals surface area contributed by atoms with E-state index in [1.807, 2.05) is 62.7 Å². The van der Waals surface area contributed by atoms with Crippen LogP contribution in [0.1, 0.15) is 23.8 Å². The van der Waals surface area contributed by atoms with Crippen LogP contribution in [0.15, 0.2) is 36.4 Å². The molecule has 0 saturated heterocycles. The molecule has 22 heavy (non-hydrogen) atoms. The summed E-state index contributed by atoms with van der Waals surface area (Å²) in [6.07, 6.45) is 0. The normalized spacial score (nSPS) is 11.8. The van der Waals surface area contributed by atoms with Gasteiger partial charge in [0.1, 0.15) is 12.9 Å². The van der Waals surface area contributed by atoms with Crippen LogP contribution in [-0.2, 0) is 7.05 Å². The van der Waals surface area contributed by atoms with Crippen molar-refractivity contribution in [3.8, 4) is 11.3 Å². The molecule has 0 atom stereocenters. The van der Waals surface area contributed by atoms with E-state index in [4.69, 9.17) is 1.37 Å². The van der Waals surface area contributed by atoms with E-state index in [0.717, 1.165) is 33.3 Å². The minimum atomic E-state index is -0.175. The Bertz CT molecular complexity index is 918. The molecule has 0 fully saturated rings. The zero-order valence-corrected chi connectivity index (χ0v) is 13.7. The average molecular weight is 295 g/mol. The second kappa shape index (κ2) is 5.20. The van der Waals surface area contributed by atoms with Gasteiger partial charge in [-0.25, -0.2) is 4.39 Å². The number of hydrogen-bond acceptors (Lipinski definition) is 0. The summed E-state index contributed by atoms with van der Waals surface area (Å²) in [5, 5.41) is 1.77. The monoisotopic (exact) mass is 295 g/mol. The standard InChI is InChI=1S/C20H21FN/c1-12-10-13(2)19(21)18(15(12)4)20-17-9-7-6-8-16(17)11-14(3)22(20)5/h6-11H,1-5H3/q+1/i11D. The zero-order valence-electron chi connectivity index (χ0n) is 14.7. The molecule has 3 aromatic rings. The van der Waals surface area contributed by atoms with E-state index in [1.54, 1.807) is 6.92 Å². The molecule has 1 aromatic heterocycles. The molecule has 0 N–H and O–H groups in total. The van der Waals surface area contributed by atoms with Crippen LogP contribution in [0.4, 0.5) is 4.39 Å². The lowest BCUT2D eigenvalue weighted by atomic mass is 9.93. The molecular weight excluding hydrogens is 273 g/mol. The van der Waals surface area contributed by atoms with Crippen molar-refractivity contribution in [2.75, 3.05) is 0 Å². The summed E-state index contributed by atoms with van der Waals surface area (Å²) in [5.74, 6) is -0.175. The summed E-state index contributed by atoms with van der Waals surface area (Å²) in [6, 6.07) is 10.2. The molecule has 1 nitrogen and oxygen atoms in total. The van der Waals surface area contributed by atoms with Gasteiger partial charge in [-0.15, -0.1) is 0 Å². The molecule has 2 heteroatoms. The first-order valence-electron chi connectivity index (χ1n) is 7.99. The van der Waals surface area contributed by atoms with Crippen molar-refractivity contribution in [2.45, 2.75) is 27.7 Å². The first-order chi connectivity index (χ1) is 10.8. The summed E-state index contributed by atoms with van der Waals surface area (Å²) in [4.78, 5) is 0. The molecule has 0 aliphatic heterocycles. The molecule has 0 saturated carbocycles. The van der Waals surface area contributed by atoms with Gasteiger partial charge in [-0.1, -0.05) is 24.3 Å². The highest BCUT2D eigenvalue weighted by molar-refractivity contribution is 5.94. The summed E-state index contributed by atoms with van der Waals surface area (Å²) in [7, 11) is 1.91. The number of nitrogens with zero attached hydrogens (tertiary/aromatic N) is 1. The summed E-state index contributed by atoms with van der Waals surface area (Å²) < 4.78 is 25.3. The highest BCUT2D eigenvalue weighted by Crippen LogP contribution is 2.33. The van der Waals surface area contributed by atoms with E-state index in [2.05, 4.69) is 0 Å². The van der Waals surface area contributed by atoms with Crippen LogP contribution >= 0.6 is 0 Å². The predicted octanol–water partition coefficient (Wildman–Crippen LogP) is 4.70. The van der Waals surface area contributed by atoms with Gasteiger partial charge in [-0.2, -0.15) is 4.57 Å². The second-order valence-electron chi connectivity index (χ2n) is 5.99. The summed E-state index contributed by atoms with van der Waals surface area (Å²) in [6.45, 7) is 7.69. The highest BCUT2D eigenvalue weighted by atomic mass is 19.1. The van der Waals surface area contributed by atoms with Gasteiger partial charge in [0.25, 0.3) is 0 Å². The van der Waals surface area contributed by atoms with Gasteiger partial charge in [0.05, 0.1) is 12.3 Å².